The van der Waals surface area contributed by atoms with Crippen LogP contribution in [0.1, 0.15) is 0 Å². The zero-order valence-electron chi connectivity index (χ0n) is 5.29. The van der Waals surface area contributed by atoms with Gasteiger partial charge in [0.15, 0.2) is 0 Å². The molecule has 0 aromatic carbocycles. The second-order valence-electron chi connectivity index (χ2n) is 2.15. The van der Waals surface area contributed by atoms with E-state index in [1.165, 1.54) is 0 Å². The molecular formula is C7H6N2O. The Morgan fingerprint density at radius 2 is 2.50 bits per heavy atom. The molecule has 10 heavy (non-hydrogen) atoms. The molecule has 3 nitrogen and oxygen atoms in total. The Balaban J connectivity index is 2.46. The quantitative estimate of drug-likeness (QED) is 0.498. The third kappa shape index (κ3) is 0.603. The molecule has 2 aliphatic rings. The predicted octanol–water partition coefficient (Wildman–Crippen LogP) is 0.0109. The summed E-state index contributed by atoms with van der Waals surface area (Å²) in [5, 5.41) is 2.62. The first-order valence-electron chi connectivity index (χ1n) is 3.09. The fourth-order valence-electron chi connectivity index (χ4n) is 1.03. The van der Waals surface area contributed by atoms with Crippen LogP contribution in [-0.2, 0) is 4.79 Å². The number of allylic oxidation sites excluding steroid dienone is 3. The van der Waals surface area contributed by atoms with Crippen molar-refractivity contribution >= 4 is 11.6 Å². The van der Waals surface area contributed by atoms with Crippen molar-refractivity contribution in [2.75, 3.05) is 6.67 Å². The summed E-state index contributed by atoms with van der Waals surface area (Å²) in [5.74, 6) is -0.0185. The molecule has 0 fully saturated rings. The molecule has 2 rings (SSSR count). The van der Waals surface area contributed by atoms with Crippen molar-refractivity contribution in [1.82, 2.24) is 5.32 Å². The molecule has 0 saturated heterocycles. The van der Waals surface area contributed by atoms with Crippen molar-refractivity contribution in [2.45, 2.75) is 0 Å². The maximum atomic E-state index is 11.0. The van der Waals surface area contributed by atoms with Crippen LogP contribution in [0, 0.1) is 0 Å². The van der Waals surface area contributed by atoms with Gasteiger partial charge in [-0.2, -0.15) is 0 Å². The number of amides is 1. The number of hydrogen-bond donors (Lipinski definition) is 1. The molecule has 0 bridgehead atoms. The summed E-state index contributed by atoms with van der Waals surface area (Å²) in [5.41, 5.74) is 1.50. The summed E-state index contributed by atoms with van der Waals surface area (Å²) in [6.45, 7) is 0.413. The summed E-state index contributed by atoms with van der Waals surface area (Å²) in [4.78, 5) is 15.0. The molecule has 0 saturated carbocycles. The van der Waals surface area contributed by atoms with Crippen LogP contribution in [-0.4, -0.2) is 18.3 Å². The van der Waals surface area contributed by atoms with Crippen molar-refractivity contribution in [3.05, 3.63) is 23.8 Å². The molecule has 0 radical (unpaired) electrons. The van der Waals surface area contributed by atoms with Gasteiger partial charge in [-0.05, 0) is 12.2 Å². The molecule has 0 atom stereocenters. The number of hydrogen-bond acceptors (Lipinski definition) is 2. The highest BCUT2D eigenvalue weighted by atomic mass is 16.1. The SMILES string of the molecule is O=C1NCN=C2C=CC=C12. The van der Waals surface area contributed by atoms with Crippen LogP contribution >= 0.6 is 0 Å². The molecule has 1 aliphatic carbocycles. The largest absolute Gasteiger partial charge is 0.333 e. The lowest BCUT2D eigenvalue weighted by atomic mass is 10.2. The van der Waals surface area contributed by atoms with Gasteiger partial charge in [0, 0.05) is 0 Å². The summed E-state index contributed by atoms with van der Waals surface area (Å²) < 4.78 is 0. The smallest absolute Gasteiger partial charge is 0.254 e. The summed E-state index contributed by atoms with van der Waals surface area (Å²) in [6.07, 6.45) is 5.44. The van der Waals surface area contributed by atoms with Gasteiger partial charge < -0.3 is 5.32 Å². The van der Waals surface area contributed by atoms with E-state index in [2.05, 4.69) is 10.3 Å². The molecule has 0 aromatic heterocycles. The monoisotopic (exact) mass is 134 g/mol. The Morgan fingerprint density at radius 3 is 3.30 bits per heavy atom. The highest BCUT2D eigenvalue weighted by Gasteiger charge is 2.19. The Hall–Kier alpha value is -1.38. The molecular weight excluding hydrogens is 128 g/mol. The first kappa shape index (κ1) is 5.41. The highest BCUT2D eigenvalue weighted by molar-refractivity contribution is 6.28. The minimum Gasteiger partial charge on any atom is -0.333 e. The van der Waals surface area contributed by atoms with Gasteiger partial charge in [-0.15, -0.1) is 0 Å². The number of nitrogens with one attached hydrogen (secondary N) is 1. The maximum Gasteiger partial charge on any atom is 0.254 e. The number of carbonyl (C=O) groups excluding carboxylic acids is 1. The maximum absolute atomic E-state index is 11.0. The van der Waals surface area contributed by atoms with E-state index in [0.29, 0.717) is 12.2 Å². The molecule has 1 heterocycles. The Morgan fingerprint density at radius 1 is 1.60 bits per heavy atom. The Bertz CT molecular complexity index is 273. The van der Waals surface area contributed by atoms with Gasteiger partial charge in [-0.1, -0.05) is 6.08 Å². The summed E-state index contributed by atoms with van der Waals surface area (Å²) >= 11 is 0. The highest BCUT2D eigenvalue weighted by Crippen LogP contribution is 2.10. The molecule has 1 N–H and O–H groups in total. The zero-order chi connectivity index (χ0) is 6.97. The lowest BCUT2D eigenvalue weighted by molar-refractivity contribution is -0.117. The van der Waals surface area contributed by atoms with Crippen molar-refractivity contribution in [3.63, 3.8) is 0 Å². The molecule has 1 aliphatic heterocycles. The van der Waals surface area contributed by atoms with Gasteiger partial charge in [0.1, 0.15) is 6.67 Å². The number of nitrogens with zero attached hydrogens (tertiary/aromatic N) is 1. The normalized spacial score (nSPS) is 21.4. The number of fused-ring (bicyclic) bond motifs is 1. The average Bonchev–Trinajstić information content (AvgIpc) is 2.36. The first-order chi connectivity index (χ1) is 4.88. The second kappa shape index (κ2) is 1.80. The van der Waals surface area contributed by atoms with E-state index in [0.717, 1.165) is 5.71 Å². The van der Waals surface area contributed by atoms with Gasteiger partial charge in [0.2, 0.25) is 0 Å². The summed E-state index contributed by atoms with van der Waals surface area (Å²) in [6, 6.07) is 0. The third-order valence-corrected chi connectivity index (χ3v) is 1.53. The lowest BCUT2D eigenvalue weighted by Gasteiger charge is -2.09. The van der Waals surface area contributed by atoms with Gasteiger partial charge in [-0.25, -0.2) is 0 Å². The van der Waals surface area contributed by atoms with E-state index in [-0.39, 0.29) is 5.91 Å². The van der Waals surface area contributed by atoms with E-state index in [1.54, 1.807) is 6.08 Å². The van der Waals surface area contributed by atoms with Crippen LogP contribution < -0.4 is 5.32 Å². The molecule has 0 aromatic rings. The van der Waals surface area contributed by atoms with Crippen LogP contribution in [0.5, 0.6) is 0 Å². The minimum absolute atomic E-state index is 0.0185. The van der Waals surface area contributed by atoms with Gasteiger partial charge in [0.25, 0.3) is 5.91 Å². The fourth-order valence-corrected chi connectivity index (χ4v) is 1.03. The average molecular weight is 134 g/mol. The molecule has 0 unspecified atom stereocenters. The third-order valence-electron chi connectivity index (χ3n) is 1.53. The topological polar surface area (TPSA) is 41.5 Å². The van der Waals surface area contributed by atoms with Crippen LogP contribution in [0.25, 0.3) is 0 Å². The molecule has 1 amide bonds. The standard InChI is InChI=1S/C7H6N2O/c10-7-5-2-1-3-6(5)8-4-9-7/h1-3H,4H2,(H,9,10). The molecule has 3 heteroatoms. The summed E-state index contributed by atoms with van der Waals surface area (Å²) in [7, 11) is 0. The molecule has 0 spiro atoms. The van der Waals surface area contributed by atoms with Crippen LogP contribution in [0.15, 0.2) is 28.8 Å². The van der Waals surface area contributed by atoms with E-state index < -0.39 is 0 Å². The second-order valence-corrected chi connectivity index (χ2v) is 2.15. The molecule has 50 valence electrons. The lowest BCUT2D eigenvalue weighted by Crippen LogP contribution is -2.32. The zero-order valence-corrected chi connectivity index (χ0v) is 5.29. The van der Waals surface area contributed by atoms with Crippen LogP contribution in [0.3, 0.4) is 0 Å². The first-order valence-corrected chi connectivity index (χ1v) is 3.09. The van der Waals surface area contributed by atoms with E-state index in [4.69, 9.17) is 0 Å². The van der Waals surface area contributed by atoms with Crippen molar-refractivity contribution in [1.29, 1.82) is 0 Å². The van der Waals surface area contributed by atoms with E-state index in [9.17, 15) is 4.79 Å². The minimum atomic E-state index is -0.0185. The van der Waals surface area contributed by atoms with Crippen molar-refractivity contribution in [3.8, 4) is 0 Å². The van der Waals surface area contributed by atoms with Gasteiger partial charge >= 0.3 is 0 Å². The van der Waals surface area contributed by atoms with E-state index in [1.807, 2.05) is 12.2 Å². The van der Waals surface area contributed by atoms with Crippen LogP contribution in [0.2, 0.25) is 0 Å². The predicted molar refractivity (Wildman–Crippen MR) is 37.7 cm³/mol. The van der Waals surface area contributed by atoms with Gasteiger partial charge in [0.05, 0.1) is 11.3 Å². The Kier molecular flexibility index (Phi) is 0.974. The number of carbonyl (C=O) groups is 1. The van der Waals surface area contributed by atoms with Gasteiger partial charge in [-0.3, -0.25) is 9.79 Å². The number of rotatable bonds is 0. The van der Waals surface area contributed by atoms with E-state index >= 15 is 0 Å². The Labute approximate surface area is 58.1 Å². The van der Waals surface area contributed by atoms with Crippen molar-refractivity contribution < 1.29 is 4.79 Å². The number of aliphatic imine (C=N–C) groups is 1. The van der Waals surface area contributed by atoms with Crippen LogP contribution in [0.4, 0.5) is 0 Å². The van der Waals surface area contributed by atoms with Crippen molar-refractivity contribution in [2.24, 2.45) is 4.99 Å². The fraction of sp³-hybridized carbons (Fsp3) is 0.143.